The number of hydrogen-bond donors (Lipinski definition) is 2. The molecule has 2 amide bonds. The number of carbonyl (C=O) groups excluding carboxylic acids is 2. The third-order valence-corrected chi connectivity index (χ3v) is 4.76. The van der Waals surface area contributed by atoms with Gasteiger partial charge in [-0.15, -0.1) is 11.3 Å². The van der Waals surface area contributed by atoms with Gasteiger partial charge in [-0.25, -0.2) is 9.78 Å². The lowest BCUT2D eigenvalue weighted by Crippen LogP contribution is -2.34. The standard InChI is InChI=1S/C19H23N3O3S/c1-11-20-10-16(26-11)22-17(23)13-7-5-6-12(8-13)14-9-15(14)21-18(24)25-19(2,3)4/h5-8,10,14-15H,9H2,1-4H3,(H,21,24)(H,22,23)/t14-,15+/m0/s1. The van der Waals surface area contributed by atoms with Crippen LogP contribution in [0.2, 0.25) is 0 Å². The number of aryl methyl sites for hydroxylation is 1. The van der Waals surface area contributed by atoms with Gasteiger partial charge in [-0.2, -0.15) is 0 Å². The van der Waals surface area contributed by atoms with Crippen molar-refractivity contribution in [2.24, 2.45) is 0 Å². The average molecular weight is 373 g/mol. The van der Waals surface area contributed by atoms with E-state index in [-0.39, 0.29) is 17.9 Å². The summed E-state index contributed by atoms with van der Waals surface area (Å²) in [5.41, 5.74) is 1.12. The molecule has 1 heterocycles. The van der Waals surface area contributed by atoms with Gasteiger partial charge in [0.15, 0.2) is 0 Å². The van der Waals surface area contributed by atoms with Crippen LogP contribution in [0.15, 0.2) is 30.5 Å². The fourth-order valence-electron chi connectivity index (χ4n) is 2.70. The lowest BCUT2D eigenvalue weighted by Gasteiger charge is -2.19. The molecule has 26 heavy (non-hydrogen) atoms. The topological polar surface area (TPSA) is 80.3 Å². The smallest absolute Gasteiger partial charge is 0.407 e. The minimum absolute atomic E-state index is 0.0484. The predicted molar refractivity (Wildman–Crippen MR) is 102 cm³/mol. The second-order valence-corrected chi connectivity index (χ2v) is 8.65. The molecule has 1 aliphatic rings. The number of ether oxygens (including phenoxy) is 1. The highest BCUT2D eigenvalue weighted by molar-refractivity contribution is 7.15. The Kier molecular flexibility index (Phi) is 5.00. The second-order valence-electron chi connectivity index (χ2n) is 7.42. The summed E-state index contributed by atoms with van der Waals surface area (Å²) in [5.74, 6) is 0.0497. The first-order chi connectivity index (χ1) is 12.2. The normalized spacial score (nSPS) is 18.9. The second kappa shape index (κ2) is 7.07. The van der Waals surface area contributed by atoms with Gasteiger partial charge >= 0.3 is 6.09 Å². The number of carbonyl (C=O) groups is 2. The molecule has 1 aromatic carbocycles. The number of aromatic nitrogens is 1. The van der Waals surface area contributed by atoms with Crippen molar-refractivity contribution in [3.8, 4) is 0 Å². The highest BCUT2D eigenvalue weighted by Gasteiger charge is 2.40. The fourth-order valence-corrected chi connectivity index (χ4v) is 3.37. The van der Waals surface area contributed by atoms with Gasteiger partial charge in [0.2, 0.25) is 0 Å². The van der Waals surface area contributed by atoms with Crippen LogP contribution in [0.3, 0.4) is 0 Å². The minimum Gasteiger partial charge on any atom is -0.444 e. The van der Waals surface area contributed by atoms with Gasteiger partial charge in [0.05, 0.1) is 11.2 Å². The van der Waals surface area contributed by atoms with Gasteiger partial charge in [0, 0.05) is 17.5 Å². The summed E-state index contributed by atoms with van der Waals surface area (Å²) in [5, 5.41) is 7.38. The number of benzene rings is 1. The highest BCUT2D eigenvalue weighted by atomic mass is 32.1. The first kappa shape index (κ1) is 18.4. The molecule has 0 radical (unpaired) electrons. The molecule has 138 valence electrons. The molecule has 1 aliphatic carbocycles. The molecule has 2 aromatic rings. The molecule has 1 saturated carbocycles. The molecule has 2 N–H and O–H groups in total. The monoisotopic (exact) mass is 373 g/mol. The Balaban J connectivity index is 1.60. The number of anilines is 1. The molecule has 0 aliphatic heterocycles. The van der Waals surface area contributed by atoms with Gasteiger partial charge in [-0.3, -0.25) is 4.79 Å². The Labute approximate surface area is 157 Å². The van der Waals surface area contributed by atoms with Gasteiger partial charge in [0.1, 0.15) is 10.6 Å². The Morgan fingerprint density at radius 3 is 2.73 bits per heavy atom. The van der Waals surface area contributed by atoms with Crippen LogP contribution in [0, 0.1) is 6.92 Å². The van der Waals surface area contributed by atoms with E-state index in [2.05, 4.69) is 15.6 Å². The zero-order valence-electron chi connectivity index (χ0n) is 15.3. The van der Waals surface area contributed by atoms with Crippen LogP contribution in [0.1, 0.15) is 54.0 Å². The maximum atomic E-state index is 12.4. The van der Waals surface area contributed by atoms with E-state index in [1.54, 1.807) is 12.3 Å². The SMILES string of the molecule is Cc1ncc(NC(=O)c2cccc([C@@H]3C[C@H]3NC(=O)OC(C)(C)C)c2)s1. The third-order valence-electron chi connectivity index (χ3n) is 3.93. The van der Waals surface area contributed by atoms with E-state index in [0.29, 0.717) is 5.56 Å². The molecule has 0 saturated heterocycles. The highest BCUT2D eigenvalue weighted by Crippen LogP contribution is 2.41. The first-order valence-corrected chi connectivity index (χ1v) is 9.36. The van der Waals surface area contributed by atoms with Crippen molar-refractivity contribution in [1.29, 1.82) is 0 Å². The van der Waals surface area contributed by atoms with E-state index in [9.17, 15) is 9.59 Å². The summed E-state index contributed by atoms with van der Waals surface area (Å²) in [6.07, 6.45) is 2.10. The summed E-state index contributed by atoms with van der Waals surface area (Å²) in [7, 11) is 0. The molecule has 2 atom stereocenters. The van der Waals surface area contributed by atoms with Gasteiger partial charge < -0.3 is 15.4 Å². The molecular formula is C19H23N3O3S. The van der Waals surface area contributed by atoms with Crippen molar-refractivity contribution in [1.82, 2.24) is 10.3 Å². The third kappa shape index (κ3) is 4.82. The van der Waals surface area contributed by atoms with E-state index >= 15 is 0 Å². The number of nitrogens with one attached hydrogen (secondary N) is 2. The number of hydrogen-bond acceptors (Lipinski definition) is 5. The van der Waals surface area contributed by atoms with E-state index in [0.717, 1.165) is 22.0 Å². The van der Waals surface area contributed by atoms with Crippen LogP contribution in [-0.4, -0.2) is 28.6 Å². The van der Waals surface area contributed by atoms with Crippen molar-refractivity contribution in [2.45, 2.75) is 51.7 Å². The Morgan fingerprint density at radius 1 is 1.31 bits per heavy atom. The number of amides is 2. The Morgan fingerprint density at radius 2 is 2.08 bits per heavy atom. The summed E-state index contributed by atoms with van der Waals surface area (Å²) in [6, 6.07) is 7.56. The van der Waals surface area contributed by atoms with Gasteiger partial charge in [-0.1, -0.05) is 12.1 Å². The van der Waals surface area contributed by atoms with E-state index in [1.807, 2.05) is 45.9 Å². The van der Waals surface area contributed by atoms with Crippen LogP contribution >= 0.6 is 11.3 Å². The zero-order chi connectivity index (χ0) is 18.9. The van der Waals surface area contributed by atoms with Crippen molar-refractivity contribution < 1.29 is 14.3 Å². The van der Waals surface area contributed by atoms with Crippen LogP contribution < -0.4 is 10.6 Å². The quantitative estimate of drug-likeness (QED) is 0.846. The number of rotatable bonds is 4. The molecule has 0 unspecified atom stereocenters. The lowest BCUT2D eigenvalue weighted by atomic mass is 10.1. The lowest BCUT2D eigenvalue weighted by molar-refractivity contribution is 0.0522. The van der Waals surface area contributed by atoms with Gasteiger partial charge in [0.25, 0.3) is 5.91 Å². The van der Waals surface area contributed by atoms with Crippen molar-refractivity contribution in [2.75, 3.05) is 5.32 Å². The largest absolute Gasteiger partial charge is 0.444 e. The number of alkyl carbamates (subject to hydrolysis) is 1. The first-order valence-electron chi connectivity index (χ1n) is 8.54. The van der Waals surface area contributed by atoms with Crippen molar-refractivity contribution in [3.63, 3.8) is 0 Å². The molecule has 7 heteroatoms. The molecule has 0 bridgehead atoms. The van der Waals surface area contributed by atoms with Crippen LogP contribution in [-0.2, 0) is 4.74 Å². The maximum Gasteiger partial charge on any atom is 0.407 e. The molecule has 6 nitrogen and oxygen atoms in total. The summed E-state index contributed by atoms with van der Waals surface area (Å²) in [4.78, 5) is 28.4. The van der Waals surface area contributed by atoms with Crippen molar-refractivity contribution >= 4 is 28.3 Å². The van der Waals surface area contributed by atoms with Crippen LogP contribution in [0.4, 0.5) is 9.80 Å². The van der Waals surface area contributed by atoms with Gasteiger partial charge in [-0.05, 0) is 51.8 Å². The number of nitrogens with zero attached hydrogens (tertiary/aromatic N) is 1. The molecule has 3 rings (SSSR count). The summed E-state index contributed by atoms with van der Waals surface area (Å²) >= 11 is 1.44. The molecule has 0 spiro atoms. The van der Waals surface area contributed by atoms with Crippen LogP contribution in [0.5, 0.6) is 0 Å². The predicted octanol–water partition coefficient (Wildman–Crippen LogP) is 4.08. The maximum absolute atomic E-state index is 12.4. The van der Waals surface area contributed by atoms with E-state index < -0.39 is 11.7 Å². The average Bonchev–Trinajstić information content (AvgIpc) is 3.18. The van der Waals surface area contributed by atoms with E-state index in [1.165, 1.54) is 11.3 Å². The summed E-state index contributed by atoms with van der Waals surface area (Å²) in [6.45, 7) is 7.41. The Bertz CT molecular complexity index is 825. The van der Waals surface area contributed by atoms with Crippen LogP contribution in [0.25, 0.3) is 0 Å². The number of thiazole rings is 1. The van der Waals surface area contributed by atoms with Crippen molar-refractivity contribution in [3.05, 3.63) is 46.6 Å². The fraction of sp³-hybridized carbons (Fsp3) is 0.421. The zero-order valence-corrected chi connectivity index (χ0v) is 16.1. The minimum atomic E-state index is -0.512. The Hall–Kier alpha value is -2.41. The molecule has 1 aromatic heterocycles. The molecule has 1 fully saturated rings. The summed E-state index contributed by atoms with van der Waals surface area (Å²) < 4.78 is 5.28. The van der Waals surface area contributed by atoms with E-state index in [4.69, 9.17) is 4.74 Å². The molecular weight excluding hydrogens is 350 g/mol.